The molecule has 0 bridgehead atoms. The van der Waals surface area contributed by atoms with E-state index in [0.29, 0.717) is 38.4 Å². The highest BCUT2D eigenvalue weighted by Gasteiger charge is 2.41. The molecule has 11 heteroatoms. The number of fused-ring (bicyclic) bond motifs is 1. The maximum Gasteiger partial charge on any atom is 0.394 e. The zero-order valence-electron chi connectivity index (χ0n) is 20.2. The number of alkyl halides is 3. The number of piperidine rings is 1. The van der Waals surface area contributed by atoms with Gasteiger partial charge in [0.15, 0.2) is 0 Å². The third kappa shape index (κ3) is 6.71. The van der Waals surface area contributed by atoms with Crippen LogP contribution in [-0.4, -0.2) is 76.5 Å². The molecule has 0 saturated carbocycles. The van der Waals surface area contributed by atoms with Crippen LogP contribution < -0.4 is 10.6 Å². The maximum atomic E-state index is 13.8. The second-order valence-electron chi connectivity index (χ2n) is 9.42. The summed E-state index contributed by atoms with van der Waals surface area (Å²) in [5.74, 6) is -1.91. The quantitative estimate of drug-likeness (QED) is 0.603. The lowest BCUT2D eigenvalue weighted by atomic mass is 9.98. The molecule has 2 N–H and O–H groups in total. The van der Waals surface area contributed by atoms with E-state index in [1.54, 1.807) is 9.80 Å². The highest BCUT2D eigenvalue weighted by atomic mass is 19.4. The summed E-state index contributed by atoms with van der Waals surface area (Å²) in [6, 6.07) is 9.30. The lowest BCUT2D eigenvalue weighted by Crippen LogP contribution is -2.45. The van der Waals surface area contributed by atoms with Crippen molar-refractivity contribution in [2.24, 2.45) is 5.92 Å². The lowest BCUT2D eigenvalue weighted by molar-refractivity contribution is -0.177. The molecule has 0 radical (unpaired) electrons. The molecule has 1 aromatic carbocycles. The highest BCUT2D eigenvalue weighted by molar-refractivity contribution is 5.92. The summed E-state index contributed by atoms with van der Waals surface area (Å²) in [7, 11) is 0. The molecule has 2 aliphatic rings. The number of anilines is 1. The van der Waals surface area contributed by atoms with Gasteiger partial charge >= 0.3 is 6.18 Å². The standard InChI is InChI=1S/C25H31F3N6O2/c1-17(35)34-10-7-21(8-11-34)32-23-12-22(30-16-31-23)24(36)29-13-20(25(26,27)28)15-33-9-6-18-4-2-3-5-19(18)14-33/h2-5,12,16,20-21H,6-11,13-15H2,1H3,(H,29,36)(H,30,31,32). The molecule has 2 aromatic rings. The van der Waals surface area contributed by atoms with Gasteiger partial charge < -0.3 is 15.5 Å². The molecule has 194 valence electrons. The van der Waals surface area contributed by atoms with Crippen LogP contribution in [-0.2, 0) is 17.8 Å². The highest BCUT2D eigenvalue weighted by Crippen LogP contribution is 2.28. The van der Waals surface area contributed by atoms with Crippen molar-refractivity contribution in [3.05, 3.63) is 53.5 Å². The van der Waals surface area contributed by atoms with Crippen molar-refractivity contribution in [2.45, 2.75) is 44.9 Å². The number of halogens is 3. The van der Waals surface area contributed by atoms with E-state index >= 15 is 0 Å². The Morgan fingerprint density at radius 3 is 2.53 bits per heavy atom. The molecule has 1 aromatic heterocycles. The van der Waals surface area contributed by atoms with E-state index in [-0.39, 0.29) is 24.2 Å². The van der Waals surface area contributed by atoms with Gasteiger partial charge in [-0.3, -0.25) is 14.5 Å². The average molecular weight is 505 g/mol. The first-order valence-corrected chi connectivity index (χ1v) is 12.2. The summed E-state index contributed by atoms with van der Waals surface area (Å²) >= 11 is 0. The van der Waals surface area contributed by atoms with Gasteiger partial charge in [0.2, 0.25) is 5.91 Å². The van der Waals surface area contributed by atoms with Gasteiger partial charge in [0.05, 0.1) is 5.92 Å². The van der Waals surface area contributed by atoms with E-state index in [1.165, 1.54) is 24.9 Å². The number of carbonyl (C=O) groups is 2. The van der Waals surface area contributed by atoms with Crippen LogP contribution in [0.3, 0.4) is 0 Å². The van der Waals surface area contributed by atoms with Crippen LogP contribution in [0.5, 0.6) is 0 Å². The van der Waals surface area contributed by atoms with Crippen LogP contribution in [0.25, 0.3) is 0 Å². The van der Waals surface area contributed by atoms with E-state index in [9.17, 15) is 22.8 Å². The van der Waals surface area contributed by atoms with Crippen molar-refractivity contribution in [3.63, 3.8) is 0 Å². The number of hydrogen-bond acceptors (Lipinski definition) is 6. The molecule has 1 atom stereocenters. The third-order valence-corrected chi connectivity index (χ3v) is 6.85. The monoisotopic (exact) mass is 504 g/mol. The molecular formula is C25H31F3N6O2. The van der Waals surface area contributed by atoms with Gasteiger partial charge in [0.25, 0.3) is 5.91 Å². The Morgan fingerprint density at radius 1 is 1.11 bits per heavy atom. The number of hydrogen-bond donors (Lipinski definition) is 2. The second-order valence-corrected chi connectivity index (χ2v) is 9.42. The van der Waals surface area contributed by atoms with Gasteiger partial charge in [-0.25, -0.2) is 9.97 Å². The molecule has 8 nitrogen and oxygen atoms in total. The number of benzene rings is 1. The smallest absolute Gasteiger partial charge is 0.367 e. The molecule has 0 spiro atoms. The number of likely N-dealkylation sites (tertiary alicyclic amines) is 1. The Morgan fingerprint density at radius 2 is 1.83 bits per heavy atom. The molecule has 1 unspecified atom stereocenters. The zero-order valence-corrected chi connectivity index (χ0v) is 20.2. The predicted octanol–water partition coefficient (Wildman–Crippen LogP) is 2.87. The Hall–Kier alpha value is -3.21. The molecular weight excluding hydrogens is 473 g/mol. The molecule has 4 rings (SSSR count). The normalized spacial score (nSPS) is 17.8. The summed E-state index contributed by atoms with van der Waals surface area (Å²) in [6.07, 6.45) is -1.05. The first-order valence-electron chi connectivity index (χ1n) is 12.2. The van der Waals surface area contributed by atoms with E-state index < -0.39 is 24.5 Å². The van der Waals surface area contributed by atoms with Crippen LogP contribution >= 0.6 is 0 Å². The van der Waals surface area contributed by atoms with E-state index in [0.717, 1.165) is 18.4 Å². The van der Waals surface area contributed by atoms with E-state index in [4.69, 9.17) is 0 Å². The van der Waals surface area contributed by atoms with Crippen LogP contribution in [0.2, 0.25) is 0 Å². The SMILES string of the molecule is CC(=O)N1CCC(Nc2cc(C(=O)NCC(CN3CCc4ccccc4C3)C(F)(F)F)ncn2)CC1. The molecule has 0 aliphatic carbocycles. The molecule has 3 heterocycles. The van der Waals surface area contributed by atoms with E-state index in [2.05, 4.69) is 20.6 Å². The number of rotatable bonds is 7. The van der Waals surface area contributed by atoms with Crippen LogP contribution in [0, 0.1) is 5.92 Å². The van der Waals surface area contributed by atoms with Gasteiger partial charge in [0.1, 0.15) is 17.8 Å². The number of aromatic nitrogens is 2. The Kier molecular flexibility index (Phi) is 8.07. The minimum atomic E-state index is -4.45. The van der Waals surface area contributed by atoms with Crippen molar-refractivity contribution in [2.75, 3.05) is 38.0 Å². The van der Waals surface area contributed by atoms with Crippen LogP contribution in [0.4, 0.5) is 19.0 Å². The fourth-order valence-electron chi connectivity index (χ4n) is 4.72. The van der Waals surface area contributed by atoms with Gasteiger partial charge in [-0.15, -0.1) is 0 Å². The second kappa shape index (κ2) is 11.2. The van der Waals surface area contributed by atoms with Gasteiger partial charge in [-0.2, -0.15) is 13.2 Å². The summed E-state index contributed by atoms with van der Waals surface area (Å²) in [5.41, 5.74) is 2.21. The zero-order chi connectivity index (χ0) is 25.7. The Labute approximate surface area is 208 Å². The first kappa shape index (κ1) is 25.9. The lowest BCUT2D eigenvalue weighted by Gasteiger charge is -2.32. The Bertz CT molecular complexity index is 1070. The van der Waals surface area contributed by atoms with Crippen LogP contribution in [0.15, 0.2) is 36.7 Å². The molecule has 36 heavy (non-hydrogen) atoms. The number of carbonyl (C=O) groups excluding carboxylic acids is 2. The number of nitrogens with one attached hydrogen (secondary N) is 2. The van der Waals surface area contributed by atoms with Gasteiger partial charge in [-0.1, -0.05) is 24.3 Å². The largest absolute Gasteiger partial charge is 0.394 e. The average Bonchev–Trinajstić information content (AvgIpc) is 2.86. The molecule has 2 amide bonds. The summed E-state index contributed by atoms with van der Waals surface area (Å²) in [5, 5.41) is 5.65. The minimum absolute atomic E-state index is 0.00139. The van der Waals surface area contributed by atoms with Gasteiger partial charge in [-0.05, 0) is 30.4 Å². The third-order valence-electron chi connectivity index (χ3n) is 6.85. The van der Waals surface area contributed by atoms with Crippen molar-refractivity contribution >= 4 is 17.6 Å². The van der Waals surface area contributed by atoms with Crippen molar-refractivity contribution < 1.29 is 22.8 Å². The Balaban J connectivity index is 1.32. The number of nitrogens with zero attached hydrogens (tertiary/aromatic N) is 4. The van der Waals surface area contributed by atoms with Crippen molar-refractivity contribution in [1.29, 1.82) is 0 Å². The van der Waals surface area contributed by atoms with Crippen molar-refractivity contribution in [1.82, 2.24) is 25.1 Å². The molecule has 2 aliphatic heterocycles. The fraction of sp³-hybridized carbons (Fsp3) is 0.520. The van der Waals surface area contributed by atoms with E-state index in [1.807, 2.05) is 24.3 Å². The first-order chi connectivity index (χ1) is 17.2. The van der Waals surface area contributed by atoms with Gasteiger partial charge in [0, 0.05) is 58.3 Å². The molecule has 1 fully saturated rings. The fourth-order valence-corrected chi connectivity index (χ4v) is 4.72. The number of amides is 2. The summed E-state index contributed by atoms with van der Waals surface area (Å²) in [6.45, 7) is 3.09. The molecule has 1 saturated heterocycles. The topological polar surface area (TPSA) is 90.5 Å². The predicted molar refractivity (Wildman–Crippen MR) is 128 cm³/mol. The summed E-state index contributed by atoms with van der Waals surface area (Å²) < 4.78 is 41.4. The van der Waals surface area contributed by atoms with Crippen molar-refractivity contribution in [3.8, 4) is 0 Å². The summed E-state index contributed by atoms with van der Waals surface area (Å²) in [4.78, 5) is 35.8. The maximum absolute atomic E-state index is 13.8. The minimum Gasteiger partial charge on any atom is -0.367 e. The van der Waals surface area contributed by atoms with Crippen LogP contribution in [0.1, 0.15) is 41.4 Å².